The summed E-state index contributed by atoms with van der Waals surface area (Å²) >= 11 is 2.00. The van der Waals surface area contributed by atoms with Crippen LogP contribution < -0.4 is 11.1 Å². The SMILES string of the molecule is NC(=O)c1ccc(NCSC2CCCCC2)cc1. The molecule has 1 amide bonds. The topological polar surface area (TPSA) is 55.1 Å². The zero-order valence-electron chi connectivity index (χ0n) is 10.5. The van der Waals surface area contributed by atoms with Crippen LogP contribution in [0.2, 0.25) is 0 Å². The Morgan fingerprint density at radius 2 is 1.89 bits per heavy atom. The van der Waals surface area contributed by atoms with E-state index < -0.39 is 0 Å². The van der Waals surface area contributed by atoms with Gasteiger partial charge in [-0.3, -0.25) is 4.79 Å². The molecule has 98 valence electrons. The largest absolute Gasteiger partial charge is 0.376 e. The zero-order chi connectivity index (χ0) is 12.8. The molecule has 1 aromatic rings. The van der Waals surface area contributed by atoms with Crippen LogP contribution in [0.4, 0.5) is 5.69 Å². The third-order valence-corrected chi connectivity index (χ3v) is 4.57. The van der Waals surface area contributed by atoms with Gasteiger partial charge in [-0.25, -0.2) is 0 Å². The van der Waals surface area contributed by atoms with E-state index in [0.29, 0.717) is 5.56 Å². The summed E-state index contributed by atoms with van der Waals surface area (Å²) in [5, 5.41) is 4.18. The van der Waals surface area contributed by atoms with Crippen LogP contribution in [-0.4, -0.2) is 17.0 Å². The van der Waals surface area contributed by atoms with Crippen molar-refractivity contribution in [2.24, 2.45) is 5.73 Å². The van der Waals surface area contributed by atoms with Crippen LogP contribution >= 0.6 is 11.8 Å². The van der Waals surface area contributed by atoms with Gasteiger partial charge in [-0.1, -0.05) is 19.3 Å². The van der Waals surface area contributed by atoms with E-state index in [4.69, 9.17) is 5.73 Å². The molecule has 0 saturated heterocycles. The molecule has 1 saturated carbocycles. The second-order valence-electron chi connectivity index (χ2n) is 4.69. The van der Waals surface area contributed by atoms with Gasteiger partial charge in [0.1, 0.15) is 0 Å². The van der Waals surface area contributed by atoms with Crippen molar-refractivity contribution >= 4 is 23.4 Å². The van der Waals surface area contributed by atoms with Gasteiger partial charge < -0.3 is 11.1 Å². The molecular weight excluding hydrogens is 244 g/mol. The number of rotatable bonds is 5. The molecule has 0 heterocycles. The predicted molar refractivity (Wildman–Crippen MR) is 77.9 cm³/mol. The molecular formula is C14H20N2OS. The predicted octanol–water partition coefficient (Wildman–Crippen LogP) is 3.22. The van der Waals surface area contributed by atoms with Crippen LogP contribution in [0.25, 0.3) is 0 Å². The number of thioether (sulfide) groups is 1. The minimum absolute atomic E-state index is 0.377. The Kier molecular flexibility index (Phi) is 4.93. The normalized spacial score (nSPS) is 16.4. The van der Waals surface area contributed by atoms with Crippen molar-refractivity contribution in [3.05, 3.63) is 29.8 Å². The van der Waals surface area contributed by atoms with E-state index in [2.05, 4.69) is 5.32 Å². The van der Waals surface area contributed by atoms with Crippen molar-refractivity contribution in [1.82, 2.24) is 0 Å². The highest BCUT2D eigenvalue weighted by atomic mass is 32.2. The van der Waals surface area contributed by atoms with Crippen molar-refractivity contribution in [3.63, 3.8) is 0 Å². The molecule has 1 fully saturated rings. The molecule has 2 rings (SSSR count). The summed E-state index contributed by atoms with van der Waals surface area (Å²) in [5.74, 6) is 0.554. The number of amides is 1. The summed E-state index contributed by atoms with van der Waals surface area (Å²) < 4.78 is 0. The number of hydrogen-bond donors (Lipinski definition) is 2. The van der Waals surface area contributed by atoms with Gasteiger partial charge in [-0.2, -0.15) is 0 Å². The Hall–Kier alpha value is -1.16. The molecule has 0 unspecified atom stereocenters. The highest BCUT2D eigenvalue weighted by Gasteiger charge is 2.12. The average Bonchev–Trinajstić information content (AvgIpc) is 2.40. The molecule has 1 aliphatic carbocycles. The highest BCUT2D eigenvalue weighted by Crippen LogP contribution is 2.28. The second-order valence-corrected chi connectivity index (χ2v) is 5.98. The van der Waals surface area contributed by atoms with Gasteiger partial charge in [0.15, 0.2) is 0 Å². The first-order chi connectivity index (χ1) is 8.75. The summed E-state index contributed by atoms with van der Waals surface area (Å²) in [7, 11) is 0. The zero-order valence-corrected chi connectivity index (χ0v) is 11.3. The van der Waals surface area contributed by atoms with E-state index in [1.54, 1.807) is 12.1 Å². The number of anilines is 1. The van der Waals surface area contributed by atoms with E-state index in [-0.39, 0.29) is 5.91 Å². The standard InChI is InChI=1S/C14H20N2OS/c15-14(17)11-6-8-12(9-7-11)16-10-18-13-4-2-1-3-5-13/h6-9,13,16H,1-5,10H2,(H2,15,17). The van der Waals surface area contributed by atoms with Gasteiger partial charge in [0, 0.05) is 16.5 Å². The Bertz CT molecular complexity index is 385. The third kappa shape index (κ3) is 3.95. The molecule has 4 heteroatoms. The van der Waals surface area contributed by atoms with Crippen molar-refractivity contribution in [2.45, 2.75) is 37.4 Å². The van der Waals surface area contributed by atoms with Crippen molar-refractivity contribution in [2.75, 3.05) is 11.2 Å². The maximum absolute atomic E-state index is 10.9. The van der Waals surface area contributed by atoms with Crippen LogP contribution in [0.3, 0.4) is 0 Å². The third-order valence-electron chi connectivity index (χ3n) is 3.32. The minimum atomic E-state index is -0.377. The number of benzene rings is 1. The summed E-state index contributed by atoms with van der Waals surface area (Å²) in [6.45, 7) is 0. The van der Waals surface area contributed by atoms with Gasteiger partial charge >= 0.3 is 0 Å². The fourth-order valence-corrected chi connectivity index (χ4v) is 3.38. The molecule has 0 radical (unpaired) electrons. The number of carbonyl (C=O) groups is 1. The molecule has 3 nitrogen and oxygen atoms in total. The van der Waals surface area contributed by atoms with Gasteiger partial charge in [0.25, 0.3) is 0 Å². The lowest BCUT2D eigenvalue weighted by Gasteiger charge is -2.21. The van der Waals surface area contributed by atoms with Crippen LogP contribution in [0.5, 0.6) is 0 Å². The number of hydrogen-bond acceptors (Lipinski definition) is 3. The molecule has 0 aliphatic heterocycles. The van der Waals surface area contributed by atoms with Gasteiger partial charge in [-0.05, 0) is 37.1 Å². The smallest absolute Gasteiger partial charge is 0.248 e. The Morgan fingerprint density at radius 1 is 1.22 bits per heavy atom. The number of nitrogens with two attached hydrogens (primary N) is 1. The Balaban J connectivity index is 1.74. The van der Waals surface area contributed by atoms with Crippen molar-refractivity contribution < 1.29 is 4.79 Å². The van der Waals surface area contributed by atoms with Crippen LogP contribution in [0.1, 0.15) is 42.5 Å². The molecule has 0 spiro atoms. The number of carbonyl (C=O) groups excluding carboxylic acids is 1. The summed E-state index contributed by atoms with van der Waals surface area (Å²) in [6.07, 6.45) is 6.87. The fourth-order valence-electron chi connectivity index (χ4n) is 2.23. The van der Waals surface area contributed by atoms with Gasteiger partial charge in [0.2, 0.25) is 5.91 Å². The van der Waals surface area contributed by atoms with Crippen LogP contribution in [0, 0.1) is 0 Å². The summed E-state index contributed by atoms with van der Waals surface area (Å²) in [4.78, 5) is 10.9. The quantitative estimate of drug-likeness (QED) is 0.803. The van der Waals surface area contributed by atoms with E-state index in [9.17, 15) is 4.79 Å². The van der Waals surface area contributed by atoms with Gasteiger partial charge in [0.05, 0.1) is 5.88 Å². The van der Waals surface area contributed by atoms with E-state index in [0.717, 1.165) is 16.8 Å². The maximum Gasteiger partial charge on any atom is 0.248 e. The highest BCUT2D eigenvalue weighted by molar-refractivity contribution is 7.99. The molecule has 1 aliphatic rings. The van der Waals surface area contributed by atoms with E-state index in [1.165, 1.54) is 32.1 Å². The van der Waals surface area contributed by atoms with Crippen molar-refractivity contribution in [3.8, 4) is 0 Å². The van der Waals surface area contributed by atoms with Crippen molar-refractivity contribution in [1.29, 1.82) is 0 Å². The molecule has 0 atom stereocenters. The first-order valence-electron chi connectivity index (χ1n) is 6.51. The first-order valence-corrected chi connectivity index (χ1v) is 7.56. The van der Waals surface area contributed by atoms with E-state index in [1.807, 2.05) is 23.9 Å². The Labute approximate surface area is 113 Å². The number of nitrogens with one attached hydrogen (secondary N) is 1. The lowest BCUT2D eigenvalue weighted by atomic mass is 10.0. The average molecular weight is 264 g/mol. The van der Waals surface area contributed by atoms with Crippen LogP contribution in [-0.2, 0) is 0 Å². The monoisotopic (exact) mass is 264 g/mol. The lowest BCUT2D eigenvalue weighted by molar-refractivity contribution is 0.100. The molecule has 0 bridgehead atoms. The molecule has 1 aromatic carbocycles. The second kappa shape index (κ2) is 6.69. The fraction of sp³-hybridized carbons (Fsp3) is 0.500. The van der Waals surface area contributed by atoms with Crippen LogP contribution in [0.15, 0.2) is 24.3 Å². The summed E-state index contributed by atoms with van der Waals surface area (Å²) in [5.41, 5.74) is 6.80. The molecule has 18 heavy (non-hydrogen) atoms. The maximum atomic E-state index is 10.9. The van der Waals surface area contributed by atoms with E-state index >= 15 is 0 Å². The minimum Gasteiger partial charge on any atom is -0.376 e. The lowest BCUT2D eigenvalue weighted by Crippen LogP contribution is -2.12. The molecule has 0 aromatic heterocycles. The first kappa shape index (κ1) is 13.3. The summed E-state index contributed by atoms with van der Waals surface area (Å²) in [6, 6.07) is 7.33. The van der Waals surface area contributed by atoms with Gasteiger partial charge in [-0.15, -0.1) is 11.8 Å². The number of primary amides is 1. The Morgan fingerprint density at radius 3 is 2.50 bits per heavy atom. The molecule has 3 N–H and O–H groups in total.